The van der Waals surface area contributed by atoms with Crippen molar-refractivity contribution in [3.63, 3.8) is 0 Å². The molecule has 357 valence electrons. The normalized spacial score (nSPS) is 10.6. The number of aryl methyl sites for hydroxylation is 2. The van der Waals surface area contributed by atoms with Crippen molar-refractivity contribution in [2.45, 2.75) is 35.8 Å². The van der Waals surface area contributed by atoms with Gasteiger partial charge >= 0.3 is 0 Å². The minimum absolute atomic E-state index is 0. The van der Waals surface area contributed by atoms with E-state index >= 15 is 0 Å². The quantitative estimate of drug-likeness (QED) is 0.0556. The molecule has 0 saturated heterocycles. The van der Waals surface area contributed by atoms with E-state index in [2.05, 4.69) is 210 Å². The third-order valence-electron chi connectivity index (χ3n) is 11.1. The first kappa shape index (κ1) is 57.0. The van der Waals surface area contributed by atoms with Crippen LogP contribution in [0.3, 0.4) is 0 Å². The summed E-state index contributed by atoms with van der Waals surface area (Å²) in [7, 11) is -2.56. The molecule has 7 heterocycles. The van der Waals surface area contributed by atoms with Gasteiger partial charge in [0.1, 0.15) is 0 Å². The summed E-state index contributed by atoms with van der Waals surface area (Å²) >= 11 is 11.7. The van der Waals surface area contributed by atoms with Gasteiger partial charge in [-0.25, -0.2) is 0 Å². The second-order valence-electron chi connectivity index (χ2n) is 15.0. The van der Waals surface area contributed by atoms with E-state index in [4.69, 9.17) is 9.97 Å². The van der Waals surface area contributed by atoms with E-state index in [1.54, 1.807) is 80.6 Å². The van der Waals surface area contributed by atoms with Gasteiger partial charge in [-0.05, 0) is 91.8 Å². The fraction of sp³-hybridized carbons (Fsp3) is 0.109. The van der Waals surface area contributed by atoms with Crippen LogP contribution in [0.2, 0.25) is 0 Å². The number of hydrogen-bond acceptors (Lipinski definition) is 10. The number of benzene rings is 3. The van der Waals surface area contributed by atoms with Crippen molar-refractivity contribution < 1.29 is 60.3 Å². The summed E-state index contributed by atoms with van der Waals surface area (Å²) in [5, 5.41) is 24.9. The Morgan fingerprint density at radius 2 is 1.07 bits per heavy atom. The molecule has 7 aromatic heterocycles. The molecule has 0 aliphatic rings. The minimum atomic E-state index is -2.56. The zero-order valence-electron chi connectivity index (χ0n) is 38.4. The van der Waals surface area contributed by atoms with E-state index in [1.807, 2.05) is 18.4 Å². The zero-order chi connectivity index (χ0) is 45.9. The van der Waals surface area contributed by atoms with Crippen molar-refractivity contribution in [2.24, 2.45) is 0 Å². The molecule has 10 aromatic rings. The van der Waals surface area contributed by atoms with Crippen LogP contribution in [0.25, 0.3) is 44.2 Å². The molecule has 0 unspecified atom stereocenters. The van der Waals surface area contributed by atoms with E-state index in [9.17, 15) is 0 Å². The van der Waals surface area contributed by atoms with E-state index < -0.39 is 8.07 Å². The number of rotatable bonds is 11. The van der Waals surface area contributed by atoms with Gasteiger partial charge in [0.05, 0.1) is 15.1 Å². The van der Waals surface area contributed by atoms with Gasteiger partial charge in [-0.1, -0.05) is 158 Å². The van der Waals surface area contributed by atoms with Crippen molar-refractivity contribution in [3.8, 4) is 44.2 Å². The maximum absolute atomic E-state index is 4.95. The SMILES string of the molecule is CSc1cc(-c2cccs2)cc(-c2[c-]scc2C)n1.CSc1cc([Si](c2ccccc2)(c2ccccc2)c2ccccc2)cc(-c2[c-]scc2)n1.CSc1cccc(-c2[c-]sc(C)c2C)n1.[Ir].[Ir].[Ir]. The van der Waals surface area contributed by atoms with Crippen LogP contribution in [0.15, 0.2) is 183 Å². The summed E-state index contributed by atoms with van der Waals surface area (Å²) in [6.07, 6.45) is 6.21. The maximum Gasteiger partial charge on any atom is 0.179 e. The molecule has 0 amide bonds. The van der Waals surface area contributed by atoms with E-state index in [0.29, 0.717) is 0 Å². The van der Waals surface area contributed by atoms with Gasteiger partial charge in [-0.3, -0.25) is 49.0 Å². The van der Waals surface area contributed by atoms with Crippen LogP contribution in [-0.4, -0.2) is 41.8 Å². The van der Waals surface area contributed by atoms with E-state index in [-0.39, 0.29) is 60.3 Å². The Kier molecular flexibility index (Phi) is 23.0. The molecule has 0 saturated carbocycles. The van der Waals surface area contributed by atoms with Crippen molar-refractivity contribution in [1.82, 2.24) is 15.0 Å². The first-order valence-electron chi connectivity index (χ1n) is 21.1. The van der Waals surface area contributed by atoms with Crippen LogP contribution < -0.4 is 20.7 Å². The molecular formula is C55H46Ir3N3S7Si-3. The van der Waals surface area contributed by atoms with Gasteiger partial charge in [0.25, 0.3) is 0 Å². The Labute approximate surface area is 478 Å². The molecule has 0 bridgehead atoms. The second-order valence-corrected chi connectivity index (χ2v) is 24.7. The molecule has 3 aromatic carbocycles. The van der Waals surface area contributed by atoms with Crippen molar-refractivity contribution >= 4 is 109 Å². The number of thioether (sulfide) groups is 3. The van der Waals surface area contributed by atoms with Gasteiger partial charge in [-0.15, -0.1) is 84.5 Å². The van der Waals surface area contributed by atoms with Gasteiger partial charge in [0, 0.05) is 65.2 Å². The molecule has 0 aliphatic heterocycles. The van der Waals surface area contributed by atoms with Gasteiger partial charge in [0.2, 0.25) is 0 Å². The fourth-order valence-corrected chi connectivity index (χ4v) is 16.6. The van der Waals surface area contributed by atoms with E-state index in [1.165, 1.54) is 47.2 Å². The predicted molar refractivity (Wildman–Crippen MR) is 296 cm³/mol. The van der Waals surface area contributed by atoms with Crippen LogP contribution >= 0.6 is 80.6 Å². The first-order valence-corrected chi connectivity index (χ1v) is 30.2. The number of thiophene rings is 4. The topological polar surface area (TPSA) is 38.7 Å². The first-order chi connectivity index (χ1) is 32.3. The Morgan fingerprint density at radius 1 is 0.478 bits per heavy atom. The third-order valence-corrected chi connectivity index (χ3v) is 21.0. The number of aromatic nitrogens is 3. The molecule has 69 heavy (non-hydrogen) atoms. The van der Waals surface area contributed by atoms with Crippen LogP contribution in [0, 0.1) is 36.9 Å². The summed E-state index contributed by atoms with van der Waals surface area (Å²) in [5.41, 5.74) is 10.2. The number of hydrogen-bond donors (Lipinski definition) is 0. The standard InChI is InChI=1S/C28H22NS2Si.C15H12NS3.C12H12NS2.3Ir/c1-30-28-20-26(19-27(29-28)22-17-18-31-21-22)32(23-11-5-2-6-12-23,24-13-7-3-8-14-24)25-15-9-4-10-16-25;1-10-8-18-9-12(10)13-6-11(7-15(16-13)17-2)14-4-3-5-19-14;1-8-9(2)15-7-10(8)11-5-4-6-12(13-11)14-3;;;/h2-20H,1H3;3-8H,1-2H3;4-6H,1-3H3;;;/q3*-1;;;. The Balaban J connectivity index is 0.000000206. The molecule has 0 atom stereocenters. The average Bonchev–Trinajstić information content (AvgIpc) is 4.24. The van der Waals surface area contributed by atoms with Crippen LogP contribution in [0.5, 0.6) is 0 Å². The van der Waals surface area contributed by atoms with Gasteiger partial charge in [-0.2, -0.15) is 11.6 Å². The Morgan fingerprint density at radius 3 is 1.58 bits per heavy atom. The third kappa shape index (κ3) is 13.6. The summed E-state index contributed by atoms with van der Waals surface area (Å²) in [5.74, 6) is 0. The van der Waals surface area contributed by atoms with Crippen molar-refractivity contribution in [2.75, 3.05) is 18.8 Å². The van der Waals surface area contributed by atoms with Gasteiger partial charge in [0.15, 0.2) is 8.07 Å². The van der Waals surface area contributed by atoms with Crippen LogP contribution in [0.4, 0.5) is 0 Å². The molecular weight excluding hydrogens is 1530 g/mol. The average molecular weight is 1580 g/mol. The summed E-state index contributed by atoms with van der Waals surface area (Å²) in [4.78, 5) is 16.8. The molecule has 0 N–H and O–H groups in total. The minimum Gasteiger partial charge on any atom is -0.290 e. The molecule has 3 nitrogen and oxygen atoms in total. The smallest absolute Gasteiger partial charge is 0.179 e. The predicted octanol–water partition coefficient (Wildman–Crippen LogP) is 14.0. The summed E-state index contributed by atoms with van der Waals surface area (Å²) in [6.45, 7) is 6.37. The summed E-state index contributed by atoms with van der Waals surface area (Å²) < 4.78 is 0. The molecule has 0 spiro atoms. The largest absolute Gasteiger partial charge is 0.290 e. The van der Waals surface area contributed by atoms with Gasteiger partial charge < -0.3 is 0 Å². The van der Waals surface area contributed by atoms with Crippen molar-refractivity contribution in [1.29, 1.82) is 0 Å². The Hall–Kier alpha value is -2.88. The zero-order valence-corrected chi connectivity index (χ0v) is 52.3. The molecule has 14 heteroatoms. The maximum atomic E-state index is 4.95. The van der Waals surface area contributed by atoms with Crippen LogP contribution in [0.1, 0.15) is 16.0 Å². The van der Waals surface area contributed by atoms with Crippen molar-refractivity contribution in [3.05, 3.63) is 200 Å². The fourth-order valence-electron chi connectivity index (χ4n) is 7.66. The molecule has 0 fully saturated rings. The monoisotopic (exact) mass is 1580 g/mol. The Bertz CT molecular complexity index is 3000. The number of nitrogens with zero attached hydrogens (tertiary/aromatic N) is 3. The number of pyridine rings is 3. The second kappa shape index (κ2) is 27.8. The summed E-state index contributed by atoms with van der Waals surface area (Å²) in [6, 6.07) is 54.4. The van der Waals surface area contributed by atoms with Crippen LogP contribution in [-0.2, 0) is 60.3 Å². The molecule has 0 aliphatic carbocycles. The molecule has 3 radical (unpaired) electrons. The van der Waals surface area contributed by atoms with E-state index in [0.717, 1.165) is 48.9 Å². The molecule has 10 rings (SSSR count).